The quantitative estimate of drug-likeness (QED) is 0.387. The highest BCUT2D eigenvalue weighted by molar-refractivity contribution is 7.98. The first-order chi connectivity index (χ1) is 19.4. The van der Waals surface area contributed by atoms with Crippen LogP contribution in [0.25, 0.3) is 0 Å². The lowest BCUT2D eigenvalue weighted by Crippen LogP contribution is -2.67. The van der Waals surface area contributed by atoms with Gasteiger partial charge in [0.25, 0.3) is 0 Å². The molecule has 243 valence electrons. The number of rotatable bonds is 6. The maximum atomic E-state index is 13.4. The first kappa shape index (κ1) is 34.6. The van der Waals surface area contributed by atoms with Crippen LogP contribution in [0.4, 0.5) is 11.9 Å². The van der Waals surface area contributed by atoms with E-state index in [9.17, 15) is 15.6 Å². The lowest BCUT2D eigenvalue weighted by atomic mass is 9.75. The van der Waals surface area contributed by atoms with Gasteiger partial charge in [0.1, 0.15) is 0 Å². The third kappa shape index (κ3) is 6.80. The Bertz CT molecular complexity index is 1080. The highest BCUT2D eigenvalue weighted by Gasteiger charge is 2.53. The van der Waals surface area contributed by atoms with Crippen LogP contribution in [0.3, 0.4) is 0 Å². The van der Waals surface area contributed by atoms with Crippen LogP contribution in [0, 0.1) is 0 Å². The van der Waals surface area contributed by atoms with Crippen molar-refractivity contribution in [3.63, 3.8) is 0 Å². The van der Waals surface area contributed by atoms with E-state index in [1.165, 1.54) is 27.0 Å². The molecular weight excluding hydrogens is 564 g/mol. The van der Waals surface area contributed by atoms with Gasteiger partial charge in [0.05, 0.1) is 0 Å². The summed E-state index contributed by atoms with van der Waals surface area (Å²) in [5.74, 6) is 1.07. The minimum Gasteiger partial charge on any atom is -0.351 e. The zero-order valence-electron chi connectivity index (χ0n) is 28.7. The van der Waals surface area contributed by atoms with Gasteiger partial charge in [0.15, 0.2) is 5.16 Å². The molecule has 0 bridgehead atoms. The number of hydrogen-bond donors (Lipinski definition) is 1. The maximum absolute atomic E-state index is 13.4. The molecule has 11 nitrogen and oxygen atoms in total. The van der Waals surface area contributed by atoms with Crippen molar-refractivity contribution in [3.8, 4) is 0 Å². The average Bonchev–Trinajstić information content (AvgIpc) is 2.83. The molecule has 4 rings (SSSR count). The summed E-state index contributed by atoms with van der Waals surface area (Å²) in [5, 5.41) is 47.7. The van der Waals surface area contributed by atoms with Gasteiger partial charge in [0, 0.05) is 51.4 Å². The van der Waals surface area contributed by atoms with E-state index in [0.717, 1.165) is 0 Å². The Morgan fingerprint density at radius 1 is 0.605 bits per heavy atom. The summed E-state index contributed by atoms with van der Waals surface area (Å²) < 4.78 is 0. The zero-order chi connectivity index (χ0) is 32.6. The first-order valence-electron chi connectivity index (χ1n) is 15.7. The summed E-state index contributed by atoms with van der Waals surface area (Å²) in [4.78, 5) is 17.1. The van der Waals surface area contributed by atoms with E-state index in [2.05, 4.69) is 10.2 Å². The number of anilines is 2. The first-order valence-corrected chi connectivity index (χ1v) is 16.9. The van der Waals surface area contributed by atoms with Gasteiger partial charge in [-0.25, -0.2) is 0 Å². The van der Waals surface area contributed by atoms with Crippen LogP contribution < -0.4 is 10.2 Å². The smallest absolute Gasteiger partial charge is 0.231 e. The topological polar surface area (TPSA) is 123 Å². The Morgan fingerprint density at radius 3 is 1.30 bits per heavy atom. The molecule has 4 heterocycles. The molecule has 0 aliphatic carbocycles. The summed E-state index contributed by atoms with van der Waals surface area (Å²) in [5.41, 5.74) is -3.42. The van der Waals surface area contributed by atoms with E-state index in [1.807, 2.05) is 89.3 Å². The Labute approximate surface area is 263 Å². The van der Waals surface area contributed by atoms with Crippen molar-refractivity contribution in [1.29, 1.82) is 0 Å². The monoisotopic (exact) mass is 619 g/mol. The van der Waals surface area contributed by atoms with Gasteiger partial charge in [0.2, 0.25) is 11.9 Å². The third-order valence-electron chi connectivity index (χ3n) is 9.87. The molecule has 0 saturated carbocycles. The van der Waals surface area contributed by atoms with Crippen LogP contribution in [-0.4, -0.2) is 87.8 Å². The SMILES string of the molecule is CSc1nc(NC2CC(C)(C)N([O])C(C)(C)C2)nc(N(C2CC(C)(C)N([O])C(C)(C)C2)C2CC(C)(C)N([O])C(C)(C)C2)n1. The normalized spacial score (nSPS) is 28.1. The van der Waals surface area contributed by atoms with Crippen molar-refractivity contribution in [1.82, 2.24) is 30.1 Å². The molecule has 3 fully saturated rings. The lowest BCUT2D eigenvalue weighted by molar-refractivity contribution is -0.294. The fourth-order valence-electron chi connectivity index (χ4n) is 8.60. The summed E-state index contributed by atoms with van der Waals surface area (Å²) in [6.45, 7) is 24.1. The van der Waals surface area contributed by atoms with E-state index < -0.39 is 33.2 Å². The van der Waals surface area contributed by atoms with Crippen molar-refractivity contribution >= 4 is 23.7 Å². The summed E-state index contributed by atoms with van der Waals surface area (Å²) in [6, 6.07) is -0.0233. The van der Waals surface area contributed by atoms with Gasteiger partial charge in [-0.2, -0.15) is 15.0 Å². The molecule has 0 atom stereocenters. The number of nitrogens with one attached hydrogen (secondary N) is 1. The molecule has 3 aliphatic rings. The number of hydroxylamine groups is 6. The molecule has 1 N–H and O–H groups in total. The van der Waals surface area contributed by atoms with E-state index in [1.54, 1.807) is 0 Å². The average molecular weight is 620 g/mol. The number of piperidine rings is 3. The molecule has 0 aromatic carbocycles. The fraction of sp³-hybridized carbons (Fsp3) is 0.903. The second kappa shape index (κ2) is 11.2. The highest BCUT2D eigenvalue weighted by Crippen LogP contribution is 2.45. The Kier molecular flexibility index (Phi) is 9.01. The molecular formula is C31H55N8O3S. The van der Waals surface area contributed by atoms with Crippen LogP contribution in [0.2, 0.25) is 0 Å². The molecule has 1 aromatic heterocycles. The Hall–Kier alpha value is -1.28. The molecule has 0 unspecified atom stereocenters. The van der Waals surface area contributed by atoms with E-state index in [0.29, 0.717) is 55.6 Å². The number of hydrogen-bond acceptors (Lipinski definition) is 9. The van der Waals surface area contributed by atoms with E-state index in [-0.39, 0.29) is 18.1 Å². The van der Waals surface area contributed by atoms with Gasteiger partial charge in [-0.3, -0.25) is 0 Å². The second-order valence-electron chi connectivity index (χ2n) is 17.0. The fourth-order valence-corrected chi connectivity index (χ4v) is 8.96. The second-order valence-corrected chi connectivity index (χ2v) is 17.8. The number of aromatic nitrogens is 3. The molecule has 0 spiro atoms. The number of nitrogens with zero attached hydrogens (tertiary/aromatic N) is 7. The predicted octanol–water partition coefficient (Wildman–Crippen LogP) is 5.91. The Morgan fingerprint density at radius 2 is 0.953 bits per heavy atom. The zero-order valence-corrected chi connectivity index (χ0v) is 29.6. The summed E-state index contributed by atoms with van der Waals surface area (Å²) >= 11 is 1.47. The minimum atomic E-state index is -0.588. The van der Waals surface area contributed by atoms with Crippen molar-refractivity contribution in [2.75, 3.05) is 16.5 Å². The van der Waals surface area contributed by atoms with Crippen molar-refractivity contribution in [2.24, 2.45) is 0 Å². The third-order valence-corrected chi connectivity index (χ3v) is 10.4. The van der Waals surface area contributed by atoms with Gasteiger partial charge >= 0.3 is 0 Å². The van der Waals surface area contributed by atoms with E-state index >= 15 is 0 Å². The standard InChI is InChI=1S/C31H55N8O3S/c1-26(2)14-20(15-27(3,4)37(26)40)32-23-33-24(35-25(34-23)43-13)36(21-16-28(5,6)38(41)29(7,8)17-21)22-18-30(9,10)39(42)31(11,12)19-22/h20-22H,14-19H2,1-13H3,(H,32,33,34,35). The van der Waals surface area contributed by atoms with Gasteiger partial charge in [-0.1, -0.05) is 11.8 Å². The van der Waals surface area contributed by atoms with Gasteiger partial charge in [-0.15, -0.1) is 30.8 Å². The molecule has 3 saturated heterocycles. The largest absolute Gasteiger partial charge is 0.351 e. The van der Waals surface area contributed by atoms with Gasteiger partial charge in [-0.05, 0) is 128 Å². The van der Waals surface area contributed by atoms with E-state index in [4.69, 9.17) is 15.0 Å². The van der Waals surface area contributed by atoms with Crippen molar-refractivity contribution in [2.45, 2.75) is 178 Å². The van der Waals surface area contributed by atoms with Crippen LogP contribution in [0.15, 0.2) is 5.16 Å². The number of thioether (sulfide) groups is 1. The summed E-state index contributed by atoms with van der Waals surface area (Å²) in [7, 11) is 0. The molecule has 43 heavy (non-hydrogen) atoms. The van der Waals surface area contributed by atoms with Crippen LogP contribution in [-0.2, 0) is 15.6 Å². The van der Waals surface area contributed by atoms with Crippen LogP contribution in [0.5, 0.6) is 0 Å². The van der Waals surface area contributed by atoms with Crippen molar-refractivity contribution in [3.05, 3.63) is 0 Å². The molecule has 1 aromatic rings. The van der Waals surface area contributed by atoms with Crippen LogP contribution >= 0.6 is 11.8 Å². The van der Waals surface area contributed by atoms with Gasteiger partial charge < -0.3 is 10.2 Å². The van der Waals surface area contributed by atoms with Crippen molar-refractivity contribution < 1.29 is 15.6 Å². The highest BCUT2D eigenvalue weighted by atomic mass is 32.2. The lowest BCUT2D eigenvalue weighted by Gasteiger charge is -2.57. The minimum absolute atomic E-state index is 0.0109. The molecule has 0 amide bonds. The Balaban J connectivity index is 1.79. The molecule has 3 aliphatic heterocycles. The predicted molar refractivity (Wildman–Crippen MR) is 169 cm³/mol. The summed E-state index contributed by atoms with van der Waals surface area (Å²) in [6.07, 6.45) is 5.86. The molecule has 3 radical (unpaired) electrons. The van der Waals surface area contributed by atoms with Crippen LogP contribution in [0.1, 0.15) is 122 Å². The maximum Gasteiger partial charge on any atom is 0.231 e. The molecule has 12 heteroatoms.